The summed E-state index contributed by atoms with van der Waals surface area (Å²) >= 11 is 0. The van der Waals surface area contributed by atoms with Gasteiger partial charge < -0.3 is 10.2 Å². The predicted octanol–water partition coefficient (Wildman–Crippen LogP) is 4.06. The minimum Gasteiger partial charge on any atom is -0.352 e. The predicted molar refractivity (Wildman–Crippen MR) is 118 cm³/mol. The van der Waals surface area contributed by atoms with Crippen LogP contribution in [-0.2, 0) is 4.79 Å². The maximum Gasteiger partial charge on any atom is 0.252 e. The fraction of sp³-hybridized carbons (Fsp3) is 0.400. The van der Waals surface area contributed by atoms with E-state index in [9.17, 15) is 14.4 Å². The Kier molecular flexibility index (Phi) is 7.39. The average Bonchev–Trinajstić information content (AvgIpc) is 2.96. The smallest absolute Gasteiger partial charge is 0.252 e. The molecular weight excluding hydrogens is 376 g/mol. The third-order valence-corrected chi connectivity index (χ3v) is 5.75. The average molecular weight is 407 g/mol. The second-order valence-electron chi connectivity index (χ2n) is 7.97. The number of carbonyl (C=O) groups excluding carboxylic acids is 3. The lowest BCUT2D eigenvalue weighted by Crippen LogP contribution is -2.34. The number of benzene rings is 2. The van der Waals surface area contributed by atoms with Crippen LogP contribution in [-0.4, -0.2) is 42.1 Å². The van der Waals surface area contributed by atoms with Crippen LogP contribution >= 0.6 is 0 Å². The molecule has 3 rings (SSSR count). The minimum atomic E-state index is -0.259. The maximum absolute atomic E-state index is 13.0. The zero-order valence-corrected chi connectivity index (χ0v) is 17.9. The van der Waals surface area contributed by atoms with Crippen molar-refractivity contribution >= 4 is 17.6 Å². The van der Waals surface area contributed by atoms with Gasteiger partial charge in [-0.1, -0.05) is 36.8 Å². The molecule has 2 amide bonds. The molecule has 0 bridgehead atoms. The van der Waals surface area contributed by atoms with Gasteiger partial charge in [0.2, 0.25) is 5.91 Å². The Hall–Kier alpha value is -2.95. The third kappa shape index (κ3) is 5.35. The molecule has 5 heteroatoms. The van der Waals surface area contributed by atoms with Crippen LogP contribution in [0.15, 0.2) is 42.5 Å². The Morgan fingerprint density at radius 3 is 2.50 bits per heavy atom. The van der Waals surface area contributed by atoms with Crippen LogP contribution in [0.4, 0.5) is 0 Å². The second kappa shape index (κ2) is 10.2. The Morgan fingerprint density at radius 2 is 1.73 bits per heavy atom. The van der Waals surface area contributed by atoms with Crippen molar-refractivity contribution in [2.45, 2.75) is 46.0 Å². The van der Waals surface area contributed by atoms with Crippen LogP contribution < -0.4 is 5.32 Å². The number of hydrogen-bond donors (Lipinski definition) is 1. The molecule has 1 saturated heterocycles. The molecule has 2 aromatic carbocycles. The minimum absolute atomic E-state index is 0.154. The summed E-state index contributed by atoms with van der Waals surface area (Å²) in [5.41, 5.74) is 3.54. The summed E-state index contributed by atoms with van der Waals surface area (Å²) in [6.45, 7) is 5.90. The highest BCUT2D eigenvalue weighted by Gasteiger charge is 2.19. The Labute approximate surface area is 178 Å². The normalized spacial score (nSPS) is 14.3. The van der Waals surface area contributed by atoms with E-state index >= 15 is 0 Å². The molecule has 1 aliphatic rings. The summed E-state index contributed by atoms with van der Waals surface area (Å²) in [5, 5.41) is 2.91. The van der Waals surface area contributed by atoms with Gasteiger partial charge in [0.1, 0.15) is 0 Å². The fourth-order valence-electron chi connectivity index (χ4n) is 3.76. The Morgan fingerprint density at radius 1 is 0.967 bits per heavy atom. The van der Waals surface area contributed by atoms with E-state index in [1.54, 1.807) is 30.3 Å². The molecule has 0 spiro atoms. The molecule has 1 heterocycles. The zero-order chi connectivity index (χ0) is 21.5. The van der Waals surface area contributed by atoms with E-state index in [2.05, 4.69) is 5.32 Å². The van der Waals surface area contributed by atoms with Crippen molar-refractivity contribution in [1.82, 2.24) is 10.2 Å². The van der Waals surface area contributed by atoms with Crippen molar-refractivity contribution < 1.29 is 14.4 Å². The lowest BCUT2D eigenvalue weighted by molar-refractivity contribution is -0.130. The van der Waals surface area contributed by atoms with E-state index in [1.807, 2.05) is 30.9 Å². The highest BCUT2D eigenvalue weighted by atomic mass is 16.2. The van der Waals surface area contributed by atoms with Crippen molar-refractivity contribution in [2.24, 2.45) is 0 Å². The third-order valence-electron chi connectivity index (χ3n) is 5.75. The van der Waals surface area contributed by atoms with Gasteiger partial charge in [-0.05, 0) is 56.4 Å². The summed E-state index contributed by atoms with van der Waals surface area (Å²) < 4.78 is 0. The van der Waals surface area contributed by atoms with Gasteiger partial charge in [-0.15, -0.1) is 0 Å². The molecule has 2 aromatic rings. The molecule has 0 atom stereocenters. The highest BCUT2D eigenvalue weighted by molar-refractivity contribution is 6.15. The van der Waals surface area contributed by atoms with Crippen LogP contribution in [0.3, 0.4) is 0 Å². The first kappa shape index (κ1) is 21.8. The first-order valence-electron chi connectivity index (χ1n) is 10.7. The van der Waals surface area contributed by atoms with Crippen molar-refractivity contribution in [1.29, 1.82) is 0 Å². The summed E-state index contributed by atoms with van der Waals surface area (Å²) in [7, 11) is 0. The number of nitrogens with one attached hydrogen (secondary N) is 1. The van der Waals surface area contributed by atoms with Gasteiger partial charge in [-0.3, -0.25) is 14.4 Å². The standard InChI is InChI=1S/C25H30N2O3/c1-18-12-13-20(17-19(18)2)24(29)21-9-5-6-10-22(21)25(30)26-14-8-16-27-15-7-3-4-11-23(27)28/h5-6,9-10,12-13,17H,3-4,7-8,11,14-16H2,1-2H3,(H,26,30). The van der Waals surface area contributed by atoms with Crippen molar-refractivity contribution in [3.8, 4) is 0 Å². The largest absolute Gasteiger partial charge is 0.352 e. The van der Waals surface area contributed by atoms with Gasteiger partial charge in [-0.2, -0.15) is 0 Å². The van der Waals surface area contributed by atoms with Crippen LogP contribution in [0, 0.1) is 13.8 Å². The summed E-state index contributed by atoms with van der Waals surface area (Å²) in [6, 6.07) is 12.5. The summed E-state index contributed by atoms with van der Waals surface area (Å²) in [5.74, 6) is -0.202. The van der Waals surface area contributed by atoms with Crippen molar-refractivity contribution in [3.63, 3.8) is 0 Å². The number of likely N-dealkylation sites (tertiary alicyclic amines) is 1. The molecular formula is C25H30N2O3. The van der Waals surface area contributed by atoms with E-state index in [1.165, 1.54) is 0 Å². The first-order valence-corrected chi connectivity index (χ1v) is 10.7. The molecule has 0 unspecified atom stereocenters. The summed E-state index contributed by atoms with van der Waals surface area (Å²) in [6.07, 6.45) is 4.44. The van der Waals surface area contributed by atoms with Crippen LogP contribution in [0.2, 0.25) is 0 Å². The Balaban J connectivity index is 1.62. The number of nitrogens with zero attached hydrogens (tertiary/aromatic N) is 1. The quantitative estimate of drug-likeness (QED) is 0.557. The molecule has 1 fully saturated rings. The zero-order valence-electron chi connectivity index (χ0n) is 17.9. The lowest BCUT2D eigenvalue weighted by atomic mass is 9.95. The van der Waals surface area contributed by atoms with Crippen molar-refractivity contribution in [3.05, 3.63) is 70.3 Å². The lowest BCUT2D eigenvalue weighted by Gasteiger charge is -2.20. The molecule has 0 aliphatic carbocycles. The molecule has 158 valence electrons. The van der Waals surface area contributed by atoms with Crippen LogP contribution in [0.25, 0.3) is 0 Å². The molecule has 5 nitrogen and oxygen atoms in total. The monoisotopic (exact) mass is 406 g/mol. The summed E-state index contributed by atoms with van der Waals surface area (Å²) in [4.78, 5) is 39.7. The highest BCUT2D eigenvalue weighted by Crippen LogP contribution is 2.18. The van der Waals surface area contributed by atoms with Gasteiger partial charge in [0.25, 0.3) is 5.91 Å². The van der Waals surface area contributed by atoms with E-state index in [0.717, 1.165) is 36.9 Å². The molecule has 0 radical (unpaired) electrons. The fourth-order valence-corrected chi connectivity index (χ4v) is 3.76. The number of ketones is 1. The second-order valence-corrected chi connectivity index (χ2v) is 7.97. The van der Waals surface area contributed by atoms with Gasteiger partial charge in [-0.25, -0.2) is 0 Å². The Bertz CT molecular complexity index is 936. The van der Waals surface area contributed by atoms with Crippen molar-refractivity contribution in [2.75, 3.05) is 19.6 Å². The molecule has 1 N–H and O–H groups in total. The molecule has 30 heavy (non-hydrogen) atoms. The number of hydrogen-bond acceptors (Lipinski definition) is 3. The van der Waals surface area contributed by atoms with E-state index in [-0.39, 0.29) is 17.6 Å². The number of amides is 2. The first-order chi connectivity index (χ1) is 14.5. The number of carbonyl (C=O) groups is 3. The van der Waals surface area contributed by atoms with Crippen LogP contribution in [0.1, 0.15) is 69.5 Å². The topological polar surface area (TPSA) is 66.5 Å². The van der Waals surface area contributed by atoms with Gasteiger partial charge in [0, 0.05) is 37.2 Å². The van der Waals surface area contributed by atoms with Gasteiger partial charge in [0.15, 0.2) is 5.78 Å². The molecule has 0 saturated carbocycles. The number of rotatable bonds is 7. The van der Waals surface area contributed by atoms with Gasteiger partial charge >= 0.3 is 0 Å². The van der Waals surface area contributed by atoms with E-state index < -0.39 is 0 Å². The van der Waals surface area contributed by atoms with E-state index in [4.69, 9.17) is 0 Å². The van der Waals surface area contributed by atoms with E-state index in [0.29, 0.717) is 42.6 Å². The SMILES string of the molecule is Cc1ccc(C(=O)c2ccccc2C(=O)NCCCN2CCCCCC2=O)cc1C. The van der Waals surface area contributed by atoms with Crippen LogP contribution in [0.5, 0.6) is 0 Å². The molecule has 0 aromatic heterocycles. The maximum atomic E-state index is 13.0. The van der Waals surface area contributed by atoms with Gasteiger partial charge in [0.05, 0.1) is 5.56 Å². The molecule has 1 aliphatic heterocycles. The number of aryl methyl sites for hydroxylation is 2.